The molecule has 0 aliphatic carbocycles. The number of rotatable bonds is 5. The van der Waals surface area contributed by atoms with E-state index < -0.39 is 10.8 Å². The highest BCUT2D eigenvalue weighted by Gasteiger charge is 2.26. The van der Waals surface area contributed by atoms with Crippen molar-refractivity contribution in [3.63, 3.8) is 0 Å². The lowest BCUT2D eigenvalue weighted by Gasteiger charge is -2.35. The van der Waals surface area contributed by atoms with E-state index in [2.05, 4.69) is 10.2 Å². The molecule has 23 heavy (non-hydrogen) atoms. The molecule has 1 aliphatic rings. The van der Waals surface area contributed by atoms with E-state index in [-0.39, 0.29) is 28.4 Å². The molecule has 2 rings (SSSR count). The van der Waals surface area contributed by atoms with Crippen LogP contribution < -0.4 is 5.32 Å². The second kappa shape index (κ2) is 7.72. The van der Waals surface area contributed by atoms with Gasteiger partial charge in [-0.05, 0) is 26.0 Å². The van der Waals surface area contributed by atoms with Gasteiger partial charge in [-0.25, -0.2) is 0 Å². The molecule has 126 valence electrons. The molecular weight excluding hydrogens is 322 g/mol. The summed E-state index contributed by atoms with van der Waals surface area (Å²) in [7, 11) is 0. The van der Waals surface area contributed by atoms with Crippen LogP contribution in [0.4, 0.5) is 5.69 Å². The Morgan fingerprint density at radius 3 is 2.65 bits per heavy atom. The summed E-state index contributed by atoms with van der Waals surface area (Å²) in [6, 6.07) is 3.98. The van der Waals surface area contributed by atoms with Gasteiger partial charge >= 0.3 is 0 Å². The van der Waals surface area contributed by atoms with Gasteiger partial charge in [-0.15, -0.1) is 0 Å². The minimum absolute atomic E-state index is 0.0143. The summed E-state index contributed by atoms with van der Waals surface area (Å²) in [5.41, 5.74) is -0.276. The average Bonchev–Trinajstić information content (AvgIpc) is 2.54. The first-order chi connectivity index (χ1) is 10.9. The van der Waals surface area contributed by atoms with Gasteiger partial charge in [0.15, 0.2) is 0 Å². The average molecular weight is 342 g/mol. The number of nitrogens with one attached hydrogen (secondary N) is 1. The maximum absolute atomic E-state index is 12.4. The molecule has 1 aliphatic heterocycles. The van der Waals surface area contributed by atoms with Gasteiger partial charge in [0.1, 0.15) is 5.56 Å². The number of hydrogen-bond acceptors (Lipinski definition) is 5. The number of nitro groups is 1. The van der Waals surface area contributed by atoms with Gasteiger partial charge < -0.3 is 10.1 Å². The lowest BCUT2D eigenvalue weighted by Crippen LogP contribution is -2.52. The fourth-order valence-corrected chi connectivity index (χ4v) is 2.72. The first-order valence-corrected chi connectivity index (χ1v) is 7.84. The summed E-state index contributed by atoms with van der Waals surface area (Å²) < 4.78 is 5.32. The Hall–Kier alpha value is -1.70. The topological polar surface area (TPSA) is 84.7 Å². The molecule has 0 radical (unpaired) electrons. The highest BCUT2D eigenvalue weighted by Crippen LogP contribution is 2.23. The number of carbonyl (C=O) groups is 1. The minimum Gasteiger partial charge on any atom is -0.379 e. The molecule has 8 heteroatoms. The normalized spacial score (nSPS) is 18.2. The Labute approximate surface area is 139 Å². The second-order valence-corrected chi connectivity index (χ2v) is 6.01. The van der Waals surface area contributed by atoms with Crippen molar-refractivity contribution in [1.82, 2.24) is 10.2 Å². The van der Waals surface area contributed by atoms with E-state index in [1.807, 2.05) is 13.8 Å². The second-order valence-electron chi connectivity index (χ2n) is 5.57. The van der Waals surface area contributed by atoms with Crippen molar-refractivity contribution in [2.75, 3.05) is 26.3 Å². The number of carbonyl (C=O) groups excluding carboxylic acids is 1. The van der Waals surface area contributed by atoms with E-state index in [0.717, 1.165) is 13.1 Å². The molecule has 0 aromatic heterocycles. The van der Waals surface area contributed by atoms with E-state index in [9.17, 15) is 14.9 Å². The predicted octanol–water partition coefficient (Wildman–Crippen LogP) is 2.09. The number of halogens is 1. The standard InChI is InChI=1S/C15H20ClN3O4/c1-10(11(2)18-5-7-23-8-6-18)17-15(20)13-4-3-12(16)9-14(13)19(21)22/h3-4,9-11H,5-8H2,1-2H3,(H,17,20). The van der Waals surface area contributed by atoms with Crippen LogP contribution in [0, 0.1) is 10.1 Å². The highest BCUT2D eigenvalue weighted by atomic mass is 35.5. The molecule has 1 aromatic carbocycles. The number of amides is 1. The molecule has 2 unspecified atom stereocenters. The molecule has 7 nitrogen and oxygen atoms in total. The molecule has 0 spiro atoms. The van der Waals surface area contributed by atoms with Crippen molar-refractivity contribution in [2.24, 2.45) is 0 Å². The monoisotopic (exact) mass is 341 g/mol. The molecular formula is C15H20ClN3O4. The lowest BCUT2D eigenvalue weighted by molar-refractivity contribution is -0.385. The van der Waals surface area contributed by atoms with Crippen LogP contribution in [0.3, 0.4) is 0 Å². The molecule has 1 N–H and O–H groups in total. The largest absolute Gasteiger partial charge is 0.379 e. The number of ether oxygens (including phenoxy) is 1. The maximum atomic E-state index is 12.4. The molecule has 0 saturated carbocycles. The van der Waals surface area contributed by atoms with Gasteiger partial charge in [0.25, 0.3) is 11.6 Å². The third-order valence-corrected chi connectivity index (χ3v) is 4.34. The van der Waals surface area contributed by atoms with Crippen molar-refractivity contribution in [2.45, 2.75) is 25.9 Å². The quantitative estimate of drug-likeness (QED) is 0.654. The smallest absolute Gasteiger partial charge is 0.283 e. The van der Waals surface area contributed by atoms with Gasteiger partial charge in [-0.2, -0.15) is 0 Å². The van der Waals surface area contributed by atoms with E-state index >= 15 is 0 Å². The van der Waals surface area contributed by atoms with Crippen LogP contribution in [-0.2, 0) is 4.74 Å². The van der Waals surface area contributed by atoms with Gasteiger partial charge in [0, 0.05) is 36.3 Å². The first kappa shape index (κ1) is 17.7. The van der Waals surface area contributed by atoms with E-state index in [1.165, 1.54) is 18.2 Å². The fraction of sp³-hybridized carbons (Fsp3) is 0.533. The highest BCUT2D eigenvalue weighted by molar-refractivity contribution is 6.31. The molecule has 0 bridgehead atoms. The van der Waals surface area contributed by atoms with Gasteiger partial charge in [0.05, 0.1) is 18.1 Å². The molecule has 1 saturated heterocycles. The van der Waals surface area contributed by atoms with Gasteiger partial charge in [-0.3, -0.25) is 19.8 Å². The van der Waals surface area contributed by atoms with Crippen LogP contribution in [0.15, 0.2) is 18.2 Å². The van der Waals surface area contributed by atoms with Crippen LogP contribution >= 0.6 is 11.6 Å². The predicted molar refractivity (Wildman–Crippen MR) is 86.9 cm³/mol. The van der Waals surface area contributed by atoms with Crippen molar-refractivity contribution < 1.29 is 14.5 Å². The summed E-state index contributed by atoms with van der Waals surface area (Å²) in [5.74, 6) is -0.471. The third kappa shape index (κ3) is 4.40. The summed E-state index contributed by atoms with van der Waals surface area (Å²) >= 11 is 5.77. The zero-order chi connectivity index (χ0) is 17.0. The number of morpholine rings is 1. The van der Waals surface area contributed by atoms with Gasteiger partial charge in [-0.1, -0.05) is 11.6 Å². The van der Waals surface area contributed by atoms with Crippen LogP contribution in [0.2, 0.25) is 5.02 Å². The zero-order valence-electron chi connectivity index (χ0n) is 13.1. The third-order valence-electron chi connectivity index (χ3n) is 4.11. The Bertz CT molecular complexity index is 590. The van der Waals surface area contributed by atoms with E-state index in [4.69, 9.17) is 16.3 Å². The summed E-state index contributed by atoms with van der Waals surface area (Å²) in [4.78, 5) is 25.1. The van der Waals surface area contributed by atoms with Crippen molar-refractivity contribution in [3.05, 3.63) is 38.9 Å². The van der Waals surface area contributed by atoms with Crippen molar-refractivity contribution >= 4 is 23.2 Å². The molecule has 2 atom stereocenters. The molecule has 1 aromatic rings. The Balaban J connectivity index is 2.07. The summed E-state index contributed by atoms with van der Waals surface area (Å²) in [5, 5.41) is 14.2. The van der Waals surface area contributed by atoms with Crippen LogP contribution in [0.5, 0.6) is 0 Å². The lowest BCUT2D eigenvalue weighted by atomic mass is 10.1. The molecule has 1 amide bonds. The number of benzene rings is 1. The summed E-state index contributed by atoms with van der Waals surface area (Å²) in [6.45, 7) is 6.87. The minimum atomic E-state index is -0.600. The molecule has 1 heterocycles. The maximum Gasteiger partial charge on any atom is 0.283 e. The van der Waals surface area contributed by atoms with Crippen LogP contribution in [0.25, 0.3) is 0 Å². The Morgan fingerprint density at radius 1 is 1.39 bits per heavy atom. The molecule has 1 fully saturated rings. The first-order valence-electron chi connectivity index (χ1n) is 7.46. The van der Waals surface area contributed by atoms with E-state index in [1.54, 1.807) is 0 Å². The van der Waals surface area contributed by atoms with Crippen molar-refractivity contribution in [3.8, 4) is 0 Å². The van der Waals surface area contributed by atoms with Crippen molar-refractivity contribution in [1.29, 1.82) is 0 Å². The van der Waals surface area contributed by atoms with Crippen LogP contribution in [-0.4, -0.2) is 54.1 Å². The summed E-state index contributed by atoms with van der Waals surface area (Å²) in [6.07, 6.45) is 0. The SMILES string of the molecule is CC(NC(=O)c1ccc(Cl)cc1[N+](=O)[O-])C(C)N1CCOCC1. The van der Waals surface area contributed by atoms with Gasteiger partial charge in [0.2, 0.25) is 0 Å². The van der Waals surface area contributed by atoms with Crippen LogP contribution in [0.1, 0.15) is 24.2 Å². The number of nitrogens with zero attached hydrogens (tertiary/aromatic N) is 2. The van der Waals surface area contributed by atoms with E-state index in [0.29, 0.717) is 13.2 Å². The number of hydrogen-bond donors (Lipinski definition) is 1. The zero-order valence-corrected chi connectivity index (χ0v) is 13.9. The Kier molecular flexibility index (Phi) is 5.92. The Morgan fingerprint density at radius 2 is 2.04 bits per heavy atom. The number of nitro benzene ring substituents is 1. The fourth-order valence-electron chi connectivity index (χ4n) is 2.55.